The summed E-state index contributed by atoms with van der Waals surface area (Å²) in [6.07, 6.45) is 6.77. The Morgan fingerprint density at radius 2 is 2.57 bits per heavy atom. The van der Waals surface area contributed by atoms with Gasteiger partial charge >= 0.3 is 0 Å². The van der Waals surface area contributed by atoms with E-state index in [4.69, 9.17) is 0 Å². The van der Waals surface area contributed by atoms with E-state index in [0.29, 0.717) is 6.04 Å². The fourth-order valence-corrected chi connectivity index (χ4v) is 1.83. The molecule has 1 N–H and O–H groups in total. The summed E-state index contributed by atoms with van der Waals surface area (Å²) in [5, 5.41) is 3.39. The molecule has 75 valence electrons. The second kappa shape index (κ2) is 4.37. The van der Waals surface area contributed by atoms with Gasteiger partial charge in [-0.15, -0.1) is 0 Å². The Hall–Kier alpha value is -1.16. The van der Waals surface area contributed by atoms with Crippen molar-refractivity contribution in [2.45, 2.75) is 18.9 Å². The van der Waals surface area contributed by atoms with Crippen molar-refractivity contribution in [3.8, 4) is 0 Å². The summed E-state index contributed by atoms with van der Waals surface area (Å²) in [4.78, 5) is 10.1. The standard InChI is InChI=1S/C10H15N4/c1-14-6-2-3-9(7-14)13-10-4-5-11-8-12-10/h4-5,9H,2-3,6-7H2,1H3,(H,11,12,13). The first-order chi connectivity index (χ1) is 6.84. The first-order valence-corrected chi connectivity index (χ1v) is 4.99. The highest BCUT2D eigenvalue weighted by molar-refractivity contribution is 5.33. The van der Waals surface area contributed by atoms with Gasteiger partial charge in [-0.25, -0.2) is 9.97 Å². The van der Waals surface area contributed by atoms with E-state index in [0.717, 1.165) is 12.4 Å². The van der Waals surface area contributed by atoms with Gasteiger partial charge in [0.1, 0.15) is 5.82 Å². The molecule has 0 bridgehead atoms. The Bertz CT molecular complexity index is 275. The lowest BCUT2D eigenvalue weighted by Gasteiger charge is -2.30. The minimum atomic E-state index is 0.511. The zero-order chi connectivity index (χ0) is 9.80. The van der Waals surface area contributed by atoms with Crippen LogP contribution in [0.3, 0.4) is 0 Å². The van der Waals surface area contributed by atoms with Crippen molar-refractivity contribution in [2.75, 3.05) is 25.5 Å². The number of rotatable bonds is 2. The zero-order valence-electron chi connectivity index (χ0n) is 8.40. The number of nitrogens with one attached hydrogen (secondary N) is 1. The van der Waals surface area contributed by atoms with Gasteiger partial charge in [0.05, 0.1) is 0 Å². The normalized spacial score (nSPS) is 23.4. The molecule has 1 aromatic rings. The molecular weight excluding hydrogens is 176 g/mol. The van der Waals surface area contributed by atoms with Crippen LogP contribution in [0.15, 0.2) is 12.3 Å². The molecule has 1 fully saturated rings. The fraction of sp³-hybridized carbons (Fsp3) is 0.600. The predicted octanol–water partition coefficient (Wildman–Crippen LogP) is 0.783. The Balaban J connectivity index is 1.91. The van der Waals surface area contributed by atoms with Gasteiger partial charge in [0.25, 0.3) is 0 Å². The average Bonchev–Trinajstić information content (AvgIpc) is 2.19. The van der Waals surface area contributed by atoms with Crippen LogP contribution >= 0.6 is 0 Å². The second-order valence-electron chi connectivity index (χ2n) is 3.79. The smallest absolute Gasteiger partial charge is 0.199 e. The minimum Gasteiger partial charge on any atom is -0.366 e. The third-order valence-corrected chi connectivity index (χ3v) is 2.51. The average molecular weight is 191 g/mol. The maximum atomic E-state index is 4.03. The molecule has 1 atom stereocenters. The van der Waals surface area contributed by atoms with Crippen molar-refractivity contribution in [1.82, 2.24) is 14.9 Å². The number of aromatic nitrogens is 2. The van der Waals surface area contributed by atoms with Gasteiger partial charge in [0.15, 0.2) is 6.33 Å². The van der Waals surface area contributed by atoms with E-state index in [9.17, 15) is 0 Å². The highest BCUT2D eigenvalue weighted by Gasteiger charge is 2.16. The molecule has 0 spiro atoms. The number of likely N-dealkylation sites (tertiary alicyclic amines) is 1. The molecule has 0 amide bonds. The molecule has 2 heterocycles. The van der Waals surface area contributed by atoms with E-state index >= 15 is 0 Å². The molecule has 4 nitrogen and oxygen atoms in total. The topological polar surface area (TPSA) is 41.0 Å². The maximum Gasteiger partial charge on any atom is 0.199 e. The molecule has 1 aliphatic heterocycles. The molecule has 4 heteroatoms. The molecule has 0 saturated carbocycles. The minimum absolute atomic E-state index is 0.511. The summed E-state index contributed by atoms with van der Waals surface area (Å²) in [6.45, 7) is 2.29. The van der Waals surface area contributed by atoms with E-state index in [1.165, 1.54) is 19.4 Å². The fourth-order valence-electron chi connectivity index (χ4n) is 1.83. The Kier molecular flexibility index (Phi) is 2.93. The monoisotopic (exact) mass is 191 g/mol. The summed E-state index contributed by atoms with van der Waals surface area (Å²) in [7, 11) is 2.15. The van der Waals surface area contributed by atoms with Gasteiger partial charge in [-0.2, -0.15) is 0 Å². The van der Waals surface area contributed by atoms with E-state index in [1.54, 1.807) is 6.20 Å². The molecule has 2 rings (SSSR count). The van der Waals surface area contributed by atoms with Crippen molar-refractivity contribution in [3.63, 3.8) is 0 Å². The van der Waals surface area contributed by atoms with E-state index in [1.807, 2.05) is 6.07 Å². The number of hydrogen-bond donors (Lipinski definition) is 1. The van der Waals surface area contributed by atoms with Crippen LogP contribution in [-0.4, -0.2) is 41.0 Å². The molecule has 1 unspecified atom stereocenters. The van der Waals surface area contributed by atoms with E-state index in [-0.39, 0.29) is 0 Å². The number of anilines is 1. The number of piperidine rings is 1. The van der Waals surface area contributed by atoms with E-state index in [2.05, 4.69) is 33.6 Å². The molecule has 14 heavy (non-hydrogen) atoms. The molecule has 1 saturated heterocycles. The van der Waals surface area contributed by atoms with Crippen LogP contribution in [0.4, 0.5) is 5.82 Å². The van der Waals surface area contributed by atoms with Crippen LogP contribution in [0.5, 0.6) is 0 Å². The SMILES string of the molecule is CN1CCCC(Nc2ccn[c]n2)C1. The molecule has 0 aliphatic carbocycles. The quantitative estimate of drug-likeness (QED) is 0.750. The van der Waals surface area contributed by atoms with Crippen molar-refractivity contribution in [1.29, 1.82) is 0 Å². The Morgan fingerprint density at radius 1 is 1.64 bits per heavy atom. The van der Waals surface area contributed by atoms with Crippen LogP contribution in [0.2, 0.25) is 0 Å². The van der Waals surface area contributed by atoms with Gasteiger partial charge in [0, 0.05) is 18.8 Å². The van der Waals surface area contributed by atoms with E-state index < -0.39 is 0 Å². The van der Waals surface area contributed by atoms with Crippen molar-refractivity contribution < 1.29 is 0 Å². The van der Waals surface area contributed by atoms with Crippen LogP contribution in [-0.2, 0) is 0 Å². The van der Waals surface area contributed by atoms with Gasteiger partial charge in [-0.05, 0) is 32.5 Å². The number of hydrogen-bond acceptors (Lipinski definition) is 4. The maximum absolute atomic E-state index is 4.03. The Morgan fingerprint density at radius 3 is 3.29 bits per heavy atom. The van der Waals surface area contributed by atoms with Crippen LogP contribution in [0.1, 0.15) is 12.8 Å². The highest BCUT2D eigenvalue weighted by atomic mass is 15.2. The summed E-state index contributed by atoms with van der Waals surface area (Å²) in [6, 6.07) is 2.39. The third kappa shape index (κ3) is 2.42. The summed E-state index contributed by atoms with van der Waals surface area (Å²) in [5.74, 6) is 0.875. The molecule has 1 radical (unpaired) electrons. The van der Waals surface area contributed by atoms with Gasteiger partial charge < -0.3 is 10.2 Å². The first kappa shape index (κ1) is 9.40. The predicted molar refractivity (Wildman–Crippen MR) is 55.0 cm³/mol. The molecule has 1 aliphatic rings. The second-order valence-corrected chi connectivity index (χ2v) is 3.79. The number of nitrogens with zero attached hydrogens (tertiary/aromatic N) is 3. The van der Waals surface area contributed by atoms with Gasteiger partial charge in [-0.1, -0.05) is 0 Å². The van der Waals surface area contributed by atoms with Crippen LogP contribution < -0.4 is 5.32 Å². The van der Waals surface area contributed by atoms with Crippen LogP contribution in [0, 0.1) is 6.33 Å². The van der Waals surface area contributed by atoms with Crippen molar-refractivity contribution in [2.24, 2.45) is 0 Å². The largest absolute Gasteiger partial charge is 0.366 e. The van der Waals surface area contributed by atoms with Gasteiger partial charge in [0.2, 0.25) is 0 Å². The lowest BCUT2D eigenvalue weighted by molar-refractivity contribution is 0.260. The lowest BCUT2D eigenvalue weighted by Crippen LogP contribution is -2.39. The Labute approximate surface area is 84.4 Å². The molecule has 0 aromatic carbocycles. The third-order valence-electron chi connectivity index (χ3n) is 2.51. The van der Waals surface area contributed by atoms with Crippen LogP contribution in [0.25, 0.3) is 0 Å². The summed E-state index contributed by atoms with van der Waals surface area (Å²) < 4.78 is 0. The van der Waals surface area contributed by atoms with Crippen molar-refractivity contribution >= 4 is 5.82 Å². The first-order valence-electron chi connectivity index (χ1n) is 4.99. The lowest BCUT2D eigenvalue weighted by atomic mass is 10.1. The zero-order valence-corrected chi connectivity index (χ0v) is 8.40. The number of likely N-dealkylation sites (N-methyl/N-ethyl adjacent to an activating group) is 1. The molecule has 1 aromatic heterocycles. The summed E-state index contributed by atoms with van der Waals surface area (Å²) >= 11 is 0. The molecular formula is C10H15N4. The highest BCUT2D eigenvalue weighted by Crippen LogP contribution is 2.12. The van der Waals surface area contributed by atoms with Crippen molar-refractivity contribution in [3.05, 3.63) is 18.6 Å². The van der Waals surface area contributed by atoms with Gasteiger partial charge in [-0.3, -0.25) is 0 Å². The summed E-state index contributed by atoms with van der Waals surface area (Å²) in [5.41, 5.74) is 0.